The minimum atomic E-state index is -1.43. The van der Waals surface area contributed by atoms with Crippen molar-refractivity contribution in [3.05, 3.63) is 29.3 Å². The molecule has 0 heterocycles. The molecule has 0 aromatic heterocycles. The number of methoxy groups -OCH3 is 1. The van der Waals surface area contributed by atoms with E-state index in [1.54, 1.807) is 26.0 Å². The zero-order valence-electron chi connectivity index (χ0n) is 11.2. The van der Waals surface area contributed by atoms with Crippen LogP contribution in [0.5, 0.6) is 5.75 Å². The predicted molar refractivity (Wildman–Crippen MR) is 68.7 cm³/mol. The summed E-state index contributed by atoms with van der Waals surface area (Å²) in [6.07, 6.45) is -0.343. The minimum absolute atomic E-state index is 0.232. The van der Waals surface area contributed by atoms with E-state index in [0.717, 1.165) is 5.56 Å². The van der Waals surface area contributed by atoms with Crippen LogP contribution in [0.25, 0.3) is 0 Å². The molecule has 1 aromatic rings. The van der Waals surface area contributed by atoms with Crippen LogP contribution in [0.1, 0.15) is 31.4 Å². The molecule has 100 valence electrons. The SMILES string of the molecule is COc1ccc(C)cc1C(O)(CC(=O)O)C(C)C. The standard InChI is InChI=1S/C14H20O4/c1-9(2)14(17,8-13(15)16)11-7-10(3)5-6-12(11)18-4/h5-7,9,17H,8H2,1-4H3,(H,15,16). The average Bonchev–Trinajstić information content (AvgIpc) is 2.27. The number of ether oxygens (including phenoxy) is 1. The molecule has 0 aliphatic rings. The van der Waals surface area contributed by atoms with Crippen LogP contribution < -0.4 is 4.74 Å². The molecule has 0 spiro atoms. The van der Waals surface area contributed by atoms with E-state index in [1.807, 2.05) is 13.0 Å². The maximum Gasteiger partial charge on any atom is 0.306 e. The fourth-order valence-corrected chi connectivity index (χ4v) is 2.00. The summed E-state index contributed by atoms with van der Waals surface area (Å²) in [5, 5.41) is 19.7. The van der Waals surface area contributed by atoms with Gasteiger partial charge < -0.3 is 14.9 Å². The summed E-state index contributed by atoms with van der Waals surface area (Å²) in [5.41, 5.74) is 0.0566. The highest BCUT2D eigenvalue weighted by molar-refractivity contribution is 5.69. The third kappa shape index (κ3) is 2.82. The Hall–Kier alpha value is -1.55. The quantitative estimate of drug-likeness (QED) is 0.844. The van der Waals surface area contributed by atoms with Gasteiger partial charge in [0.2, 0.25) is 0 Å². The molecule has 0 fully saturated rings. The van der Waals surface area contributed by atoms with Crippen LogP contribution in [0, 0.1) is 12.8 Å². The van der Waals surface area contributed by atoms with Crippen molar-refractivity contribution in [2.24, 2.45) is 5.92 Å². The zero-order chi connectivity index (χ0) is 13.9. The molecule has 0 saturated carbocycles. The summed E-state index contributed by atoms with van der Waals surface area (Å²) in [6.45, 7) is 5.49. The van der Waals surface area contributed by atoms with Crippen LogP contribution in [0.4, 0.5) is 0 Å². The normalized spacial score (nSPS) is 14.3. The third-order valence-electron chi connectivity index (χ3n) is 3.20. The summed E-state index contributed by atoms with van der Waals surface area (Å²) in [7, 11) is 1.51. The van der Waals surface area contributed by atoms with Gasteiger partial charge in [-0.1, -0.05) is 25.5 Å². The van der Waals surface area contributed by atoms with Gasteiger partial charge in [-0.05, 0) is 25.0 Å². The Kier molecular flexibility index (Phi) is 4.35. The molecule has 0 amide bonds. The summed E-state index contributed by atoms with van der Waals surface area (Å²) in [4.78, 5) is 11.0. The highest BCUT2D eigenvalue weighted by atomic mass is 16.5. The van der Waals surface area contributed by atoms with Crippen LogP contribution in [0.2, 0.25) is 0 Å². The number of rotatable bonds is 5. The zero-order valence-corrected chi connectivity index (χ0v) is 11.2. The second-order valence-corrected chi connectivity index (χ2v) is 4.85. The second-order valence-electron chi connectivity index (χ2n) is 4.85. The molecule has 1 atom stereocenters. The average molecular weight is 252 g/mol. The van der Waals surface area contributed by atoms with Gasteiger partial charge in [0, 0.05) is 5.56 Å². The molecule has 1 rings (SSSR count). The van der Waals surface area contributed by atoms with Gasteiger partial charge in [0.15, 0.2) is 0 Å². The molecule has 4 heteroatoms. The van der Waals surface area contributed by atoms with Gasteiger partial charge in [0.1, 0.15) is 11.4 Å². The second kappa shape index (κ2) is 5.40. The highest BCUT2D eigenvalue weighted by Crippen LogP contribution is 2.38. The molecule has 4 nitrogen and oxygen atoms in total. The van der Waals surface area contributed by atoms with E-state index in [2.05, 4.69) is 0 Å². The number of carboxylic acid groups (broad SMARTS) is 1. The van der Waals surface area contributed by atoms with E-state index in [1.165, 1.54) is 7.11 Å². The summed E-state index contributed by atoms with van der Waals surface area (Å²) in [6, 6.07) is 5.39. The van der Waals surface area contributed by atoms with Crippen LogP contribution in [0.3, 0.4) is 0 Å². The first-order valence-electron chi connectivity index (χ1n) is 5.90. The fraction of sp³-hybridized carbons (Fsp3) is 0.500. The number of carboxylic acids is 1. The molecule has 1 unspecified atom stereocenters. The van der Waals surface area contributed by atoms with Gasteiger partial charge in [-0.2, -0.15) is 0 Å². The van der Waals surface area contributed by atoms with Crippen molar-refractivity contribution >= 4 is 5.97 Å². The molecular weight excluding hydrogens is 232 g/mol. The van der Waals surface area contributed by atoms with E-state index in [9.17, 15) is 9.90 Å². The van der Waals surface area contributed by atoms with Crippen molar-refractivity contribution in [1.29, 1.82) is 0 Å². The van der Waals surface area contributed by atoms with Gasteiger partial charge >= 0.3 is 5.97 Å². The molecular formula is C14H20O4. The summed E-state index contributed by atoms with van der Waals surface area (Å²) >= 11 is 0. The number of aliphatic carboxylic acids is 1. The molecule has 2 N–H and O–H groups in total. The van der Waals surface area contributed by atoms with E-state index >= 15 is 0 Å². The first-order chi connectivity index (χ1) is 8.31. The van der Waals surface area contributed by atoms with Gasteiger partial charge in [-0.25, -0.2) is 0 Å². The smallest absolute Gasteiger partial charge is 0.306 e. The number of aryl methyl sites for hydroxylation is 1. The van der Waals surface area contributed by atoms with Crippen LogP contribution >= 0.6 is 0 Å². The van der Waals surface area contributed by atoms with Crippen molar-refractivity contribution in [2.45, 2.75) is 32.8 Å². The van der Waals surface area contributed by atoms with Crippen molar-refractivity contribution in [3.8, 4) is 5.75 Å². The number of benzene rings is 1. The minimum Gasteiger partial charge on any atom is -0.496 e. The van der Waals surface area contributed by atoms with Crippen LogP contribution in [-0.4, -0.2) is 23.3 Å². The van der Waals surface area contributed by atoms with Crippen molar-refractivity contribution in [2.75, 3.05) is 7.11 Å². The number of hydrogen-bond donors (Lipinski definition) is 2. The molecule has 1 aromatic carbocycles. The Morgan fingerprint density at radius 1 is 1.44 bits per heavy atom. The molecule has 0 aliphatic carbocycles. The van der Waals surface area contributed by atoms with E-state index in [-0.39, 0.29) is 12.3 Å². The van der Waals surface area contributed by atoms with Crippen LogP contribution in [-0.2, 0) is 10.4 Å². The lowest BCUT2D eigenvalue weighted by Gasteiger charge is -2.32. The Morgan fingerprint density at radius 3 is 2.50 bits per heavy atom. The van der Waals surface area contributed by atoms with Crippen LogP contribution in [0.15, 0.2) is 18.2 Å². The van der Waals surface area contributed by atoms with Gasteiger partial charge in [-0.15, -0.1) is 0 Å². The Balaban J connectivity index is 3.37. The first-order valence-corrected chi connectivity index (χ1v) is 5.90. The van der Waals surface area contributed by atoms with E-state index in [0.29, 0.717) is 11.3 Å². The largest absolute Gasteiger partial charge is 0.496 e. The summed E-state index contributed by atoms with van der Waals surface area (Å²) in [5.74, 6) is -0.753. The third-order valence-corrected chi connectivity index (χ3v) is 3.20. The molecule has 0 aliphatic heterocycles. The maximum atomic E-state index is 11.0. The van der Waals surface area contributed by atoms with Gasteiger partial charge in [0.25, 0.3) is 0 Å². The van der Waals surface area contributed by atoms with E-state index < -0.39 is 11.6 Å². The molecule has 18 heavy (non-hydrogen) atoms. The lowest BCUT2D eigenvalue weighted by molar-refractivity contribution is -0.145. The number of aliphatic hydroxyl groups is 1. The predicted octanol–water partition coefficient (Wildman–Crippen LogP) is 2.32. The molecule has 0 radical (unpaired) electrons. The monoisotopic (exact) mass is 252 g/mol. The van der Waals surface area contributed by atoms with Crippen molar-refractivity contribution in [1.82, 2.24) is 0 Å². The van der Waals surface area contributed by atoms with Crippen molar-refractivity contribution < 1.29 is 19.7 Å². The molecule has 0 saturated heterocycles. The Morgan fingerprint density at radius 2 is 2.06 bits per heavy atom. The summed E-state index contributed by atoms with van der Waals surface area (Å²) < 4.78 is 5.23. The maximum absolute atomic E-state index is 11.0. The Bertz CT molecular complexity index is 439. The van der Waals surface area contributed by atoms with E-state index in [4.69, 9.17) is 9.84 Å². The lowest BCUT2D eigenvalue weighted by atomic mass is 9.79. The number of carbonyl (C=O) groups is 1. The Labute approximate surface area is 107 Å². The fourth-order valence-electron chi connectivity index (χ4n) is 2.00. The van der Waals surface area contributed by atoms with Gasteiger partial charge in [-0.3, -0.25) is 4.79 Å². The highest BCUT2D eigenvalue weighted by Gasteiger charge is 2.38. The van der Waals surface area contributed by atoms with Crippen molar-refractivity contribution in [3.63, 3.8) is 0 Å². The van der Waals surface area contributed by atoms with Gasteiger partial charge in [0.05, 0.1) is 13.5 Å². The lowest BCUT2D eigenvalue weighted by Crippen LogP contribution is -2.35. The topological polar surface area (TPSA) is 66.8 Å². The molecule has 0 bridgehead atoms. The first kappa shape index (κ1) is 14.5. The number of hydrogen-bond acceptors (Lipinski definition) is 3.